The highest BCUT2D eigenvalue weighted by molar-refractivity contribution is 7.89. The Kier molecular flexibility index (Phi) is 7.29. The molecule has 0 saturated heterocycles. The van der Waals surface area contributed by atoms with Crippen LogP contribution in [0.4, 0.5) is 5.69 Å². The highest BCUT2D eigenvalue weighted by Gasteiger charge is 2.51. The number of aromatic nitrogens is 1. The summed E-state index contributed by atoms with van der Waals surface area (Å²) in [6.07, 6.45) is 3.26. The van der Waals surface area contributed by atoms with Crippen LogP contribution < -0.4 is 5.32 Å². The van der Waals surface area contributed by atoms with E-state index in [4.69, 9.17) is 5.26 Å². The van der Waals surface area contributed by atoms with Crippen molar-refractivity contribution in [2.24, 2.45) is 0 Å². The molecular formula is C31H28N4O3S. The lowest BCUT2D eigenvalue weighted by Crippen LogP contribution is -2.33. The molecule has 1 N–H and O–H groups in total. The van der Waals surface area contributed by atoms with E-state index >= 15 is 0 Å². The number of benzene rings is 3. The van der Waals surface area contributed by atoms with Crippen LogP contribution in [0.3, 0.4) is 0 Å². The molecular weight excluding hydrogens is 508 g/mol. The topological polar surface area (TPSA) is 103 Å². The van der Waals surface area contributed by atoms with Gasteiger partial charge < -0.3 is 5.32 Å². The minimum absolute atomic E-state index is 0.0327. The molecule has 0 unspecified atom stereocenters. The molecule has 1 saturated carbocycles. The van der Waals surface area contributed by atoms with Gasteiger partial charge in [-0.05, 0) is 79.4 Å². The summed E-state index contributed by atoms with van der Waals surface area (Å²) >= 11 is 0. The molecule has 1 heterocycles. The van der Waals surface area contributed by atoms with Crippen LogP contribution in [0, 0.1) is 11.3 Å². The lowest BCUT2D eigenvalue weighted by atomic mass is 9.95. The van der Waals surface area contributed by atoms with Crippen LogP contribution in [0.2, 0.25) is 0 Å². The van der Waals surface area contributed by atoms with Gasteiger partial charge in [0.15, 0.2) is 0 Å². The zero-order chi connectivity index (χ0) is 27.5. The number of amides is 1. The SMILES string of the molecule is C[C@@H](c1ccc(NC(=O)C2(c3ccccc3)CC2)cc1)N(Cc1ccccn1)S(=O)(=O)c1ccc(C#N)cc1. The molecule has 4 aromatic rings. The van der Waals surface area contributed by atoms with Crippen LogP contribution in [-0.2, 0) is 26.8 Å². The van der Waals surface area contributed by atoms with Crippen molar-refractivity contribution >= 4 is 21.6 Å². The highest BCUT2D eigenvalue weighted by Crippen LogP contribution is 2.49. The maximum absolute atomic E-state index is 13.8. The first-order valence-corrected chi connectivity index (χ1v) is 14.2. The standard InChI is InChI=1S/C31H28N4O3S/c1-23(25-12-14-27(15-13-25)34-30(36)31(18-19-31)26-7-3-2-4-8-26)35(22-28-9-5-6-20-33-28)39(37,38)29-16-10-24(21-32)11-17-29/h2-17,20,23H,18-19,22H2,1H3,(H,34,36)/t23-/m0/s1. The summed E-state index contributed by atoms with van der Waals surface area (Å²) in [5, 5.41) is 12.1. The van der Waals surface area contributed by atoms with Crippen molar-refractivity contribution in [1.29, 1.82) is 5.26 Å². The highest BCUT2D eigenvalue weighted by atomic mass is 32.2. The third kappa shape index (κ3) is 5.46. The van der Waals surface area contributed by atoms with Crippen LogP contribution in [-0.4, -0.2) is 23.6 Å². The minimum atomic E-state index is -3.93. The molecule has 0 aliphatic heterocycles. The molecule has 1 amide bonds. The Hall–Kier alpha value is -4.32. The molecule has 1 aromatic heterocycles. The van der Waals surface area contributed by atoms with E-state index < -0.39 is 21.5 Å². The number of hydrogen-bond donors (Lipinski definition) is 1. The lowest BCUT2D eigenvalue weighted by molar-refractivity contribution is -0.118. The third-order valence-corrected chi connectivity index (χ3v) is 9.16. The summed E-state index contributed by atoms with van der Waals surface area (Å²) in [5.74, 6) is -0.0327. The van der Waals surface area contributed by atoms with Crippen LogP contribution in [0.15, 0.2) is 108 Å². The summed E-state index contributed by atoms with van der Waals surface area (Å²) in [6.45, 7) is 1.90. The Labute approximate surface area is 228 Å². The van der Waals surface area contributed by atoms with E-state index in [1.54, 1.807) is 30.5 Å². The van der Waals surface area contributed by atoms with Crippen molar-refractivity contribution in [3.63, 3.8) is 0 Å². The molecule has 3 aromatic carbocycles. The van der Waals surface area contributed by atoms with Crippen LogP contribution >= 0.6 is 0 Å². The largest absolute Gasteiger partial charge is 0.325 e. The van der Waals surface area contributed by atoms with Crippen LogP contribution in [0.5, 0.6) is 0 Å². The predicted octanol–water partition coefficient (Wildman–Crippen LogP) is 5.58. The number of hydrogen-bond acceptors (Lipinski definition) is 5. The predicted molar refractivity (Wildman–Crippen MR) is 149 cm³/mol. The van der Waals surface area contributed by atoms with E-state index in [1.807, 2.05) is 61.5 Å². The summed E-state index contributed by atoms with van der Waals surface area (Å²) in [7, 11) is -3.93. The van der Waals surface area contributed by atoms with Crippen LogP contribution in [0.1, 0.15) is 48.2 Å². The van der Waals surface area contributed by atoms with Gasteiger partial charge in [0, 0.05) is 17.9 Å². The molecule has 1 atom stereocenters. The first kappa shape index (κ1) is 26.3. The number of carbonyl (C=O) groups excluding carboxylic acids is 1. The fourth-order valence-corrected chi connectivity index (χ4v) is 6.30. The van der Waals surface area contributed by atoms with Crippen molar-refractivity contribution in [2.45, 2.75) is 42.7 Å². The molecule has 8 heteroatoms. The van der Waals surface area contributed by atoms with E-state index in [0.717, 1.165) is 24.0 Å². The van der Waals surface area contributed by atoms with Gasteiger partial charge in [0.25, 0.3) is 0 Å². The zero-order valence-electron chi connectivity index (χ0n) is 21.5. The van der Waals surface area contributed by atoms with E-state index in [1.165, 1.54) is 28.6 Å². The second-order valence-electron chi connectivity index (χ2n) is 9.71. The molecule has 39 heavy (non-hydrogen) atoms. The molecule has 1 fully saturated rings. The van der Waals surface area contributed by atoms with E-state index in [0.29, 0.717) is 16.9 Å². The number of pyridine rings is 1. The maximum Gasteiger partial charge on any atom is 0.243 e. The number of nitriles is 1. The summed E-state index contributed by atoms with van der Waals surface area (Å²) < 4.78 is 28.9. The molecule has 1 aliphatic rings. The molecule has 0 radical (unpaired) electrons. The smallest absolute Gasteiger partial charge is 0.243 e. The van der Waals surface area contributed by atoms with Crippen molar-refractivity contribution in [2.75, 3.05) is 5.32 Å². The second kappa shape index (κ2) is 10.8. The summed E-state index contributed by atoms with van der Waals surface area (Å²) in [6, 6.07) is 29.8. The monoisotopic (exact) mass is 536 g/mol. The molecule has 1 aliphatic carbocycles. The molecule has 0 spiro atoms. The van der Waals surface area contributed by atoms with Gasteiger partial charge in [-0.25, -0.2) is 8.42 Å². The Morgan fingerprint density at radius 2 is 1.64 bits per heavy atom. The number of anilines is 1. The Morgan fingerprint density at radius 3 is 2.23 bits per heavy atom. The van der Waals surface area contributed by atoms with Crippen LogP contribution in [0.25, 0.3) is 0 Å². The van der Waals surface area contributed by atoms with Crippen molar-refractivity contribution in [3.05, 3.63) is 126 Å². The van der Waals surface area contributed by atoms with Gasteiger partial charge in [0.1, 0.15) is 0 Å². The van der Waals surface area contributed by atoms with Gasteiger partial charge in [-0.1, -0.05) is 48.5 Å². The summed E-state index contributed by atoms with van der Waals surface area (Å²) in [4.78, 5) is 17.6. The van der Waals surface area contributed by atoms with E-state index in [9.17, 15) is 13.2 Å². The number of carbonyl (C=O) groups is 1. The van der Waals surface area contributed by atoms with Crippen molar-refractivity contribution < 1.29 is 13.2 Å². The van der Waals surface area contributed by atoms with Gasteiger partial charge in [-0.3, -0.25) is 9.78 Å². The van der Waals surface area contributed by atoms with Gasteiger partial charge in [-0.15, -0.1) is 0 Å². The van der Waals surface area contributed by atoms with Gasteiger partial charge in [0.2, 0.25) is 15.9 Å². The fraction of sp³-hybridized carbons (Fsp3) is 0.194. The van der Waals surface area contributed by atoms with E-state index in [2.05, 4.69) is 10.3 Å². The first-order chi connectivity index (χ1) is 18.8. The molecule has 5 rings (SSSR count). The average Bonchev–Trinajstić information content (AvgIpc) is 3.79. The van der Waals surface area contributed by atoms with Gasteiger partial charge in [0.05, 0.1) is 34.2 Å². The van der Waals surface area contributed by atoms with Gasteiger partial charge >= 0.3 is 0 Å². The number of sulfonamides is 1. The maximum atomic E-state index is 13.8. The number of rotatable bonds is 9. The van der Waals surface area contributed by atoms with Crippen molar-refractivity contribution in [3.8, 4) is 6.07 Å². The minimum Gasteiger partial charge on any atom is -0.325 e. The second-order valence-corrected chi connectivity index (χ2v) is 11.6. The summed E-state index contributed by atoms with van der Waals surface area (Å²) in [5.41, 5.74) is 2.96. The average molecular weight is 537 g/mol. The number of nitrogens with zero attached hydrogens (tertiary/aromatic N) is 3. The first-order valence-electron chi connectivity index (χ1n) is 12.7. The molecule has 0 bridgehead atoms. The molecule has 7 nitrogen and oxygen atoms in total. The number of nitrogens with one attached hydrogen (secondary N) is 1. The van der Waals surface area contributed by atoms with Gasteiger partial charge in [-0.2, -0.15) is 9.57 Å². The normalized spacial score (nSPS) is 14.8. The quantitative estimate of drug-likeness (QED) is 0.301. The Balaban J connectivity index is 1.39. The third-order valence-electron chi connectivity index (χ3n) is 7.23. The fourth-order valence-electron chi connectivity index (χ4n) is 4.71. The van der Waals surface area contributed by atoms with E-state index in [-0.39, 0.29) is 17.3 Å². The van der Waals surface area contributed by atoms with Crippen molar-refractivity contribution in [1.82, 2.24) is 9.29 Å². The Bertz CT molecular complexity index is 1590. The lowest BCUT2D eigenvalue weighted by Gasteiger charge is -2.29. The Morgan fingerprint density at radius 1 is 0.974 bits per heavy atom. The molecule has 196 valence electrons. The zero-order valence-corrected chi connectivity index (χ0v) is 22.3.